The molecule has 3 saturated heterocycles. The van der Waals surface area contributed by atoms with Crippen molar-refractivity contribution in [1.82, 2.24) is 15.2 Å². The maximum atomic E-state index is 12.6. The maximum absolute atomic E-state index is 12.6. The Balaban J connectivity index is 1.49. The van der Waals surface area contributed by atoms with Gasteiger partial charge < -0.3 is 15.0 Å². The molecule has 6 heteroatoms. The summed E-state index contributed by atoms with van der Waals surface area (Å²) in [6.45, 7) is 3.33. The molecule has 1 aromatic heterocycles. The van der Waals surface area contributed by atoms with Gasteiger partial charge in [0.25, 0.3) is 5.91 Å². The van der Waals surface area contributed by atoms with Gasteiger partial charge in [0.2, 0.25) is 0 Å². The van der Waals surface area contributed by atoms with Crippen LogP contribution in [-0.4, -0.2) is 48.6 Å². The van der Waals surface area contributed by atoms with Gasteiger partial charge in [0.1, 0.15) is 15.6 Å². The highest BCUT2D eigenvalue weighted by atomic mass is 32.1. The number of carbonyl (C=O) groups excluding carboxylic acids is 1. The summed E-state index contributed by atoms with van der Waals surface area (Å²) in [4.78, 5) is 20.1. The van der Waals surface area contributed by atoms with E-state index >= 15 is 0 Å². The van der Waals surface area contributed by atoms with Crippen LogP contribution in [0, 0.1) is 5.92 Å². The SMILES string of the molecule is COc1ccccc1-c1ncc(C(=O)N[C@H]2CN3CCC2CC3)s1. The second-order valence-electron chi connectivity index (χ2n) is 6.45. The number of amides is 1. The number of piperidine rings is 3. The minimum atomic E-state index is -0.00704. The van der Waals surface area contributed by atoms with Crippen LogP contribution >= 0.6 is 11.3 Å². The second-order valence-corrected chi connectivity index (χ2v) is 7.48. The summed E-state index contributed by atoms with van der Waals surface area (Å²) < 4.78 is 5.39. The molecule has 1 aromatic carbocycles. The first kappa shape index (κ1) is 15.6. The van der Waals surface area contributed by atoms with Crippen LogP contribution in [0.15, 0.2) is 30.5 Å². The number of benzene rings is 1. The summed E-state index contributed by atoms with van der Waals surface area (Å²) in [5.41, 5.74) is 0.923. The lowest BCUT2D eigenvalue weighted by atomic mass is 9.84. The fourth-order valence-electron chi connectivity index (χ4n) is 3.69. The molecule has 3 aliphatic heterocycles. The molecule has 0 unspecified atom stereocenters. The first-order valence-corrected chi connectivity index (χ1v) is 9.18. The van der Waals surface area contributed by atoms with E-state index in [4.69, 9.17) is 4.74 Å². The Labute approximate surface area is 145 Å². The van der Waals surface area contributed by atoms with Crippen LogP contribution in [0.2, 0.25) is 0 Å². The predicted molar refractivity (Wildman–Crippen MR) is 94.5 cm³/mol. The third-order valence-electron chi connectivity index (χ3n) is 5.04. The number of fused-ring (bicyclic) bond motifs is 3. The number of hydrogen-bond donors (Lipinski definition) is 1. The molecule has 5 rings (SSSR count). The van der Waals surface area contributed by atoms with Gasteiger partial charge in [-0.3, -0.25) is 4.79 Å². The third-order valence-corrected chi connectivity index (χ3v) is 6.07. The van der Waals surface area contributed by atoms with Crippen LogP contribution in [0.3, 0.4) is 0 Å². The molecule has 3 aliphatic rings. The highest BCUT2D eigenvalue weighted by Crippen LogP contribution is 2.33. The summed E-state index contributed by atoms with van der Waals surface area (Å²) in [6, 6.07) is 8.02. The number of hydrogen-bond acceptors (Lipinski definition) is 5. The number of para-hydroxylation sites is 1. The van der Waals surface area contributed by atoms with Crippen LogP contribution in [-0.2, 0) is 0 Å². The number of ether oxygens (including phenoxy) is 1. The molecule has 0 aliphatic carbocycles. The highest BCUT2D eigenvalue weighted by Gasteiger charge is 2.35. The molecule has 0 spiro atoms. The summed E-state index contributed by atoms with van der Waals surface area (Å²) in [7, 11) is 1.65. The zero-order valence-corrected chi connectivity index (χ0v) is 14.5. The van der Waals surface area contributed by atoms with E-state index in [-0.39, 0.29) is 11.9 Å². The zero-order valence-electron chi connectivity index (χ0n) is 13.7. The molecule has 0 saturated carbocycles. The Morgan fingerprint density at radius 1 is 1.33 bits per heavy atom. The van der Waals surface area contributed by atoms with E-state index in [1.807, 2.05) is 24.3 Å². The average Bonchev–Trinajstić information content (AvgIpc) is 3.13. The summed E-state index contributed by atoms with van der Waals surface area (Å²) in [6.07, 6.45) is 4.06. The average molecular weight is 343 g/mol. The topological polar surface area (TPSA) is 54.5 Å². The molecule has 4 heterocycles. The van der Waals surface area contributed by atoms with Gasteiger partial charge in [-0.1, -0.05) is 12.1 Å². The monoisotopic (exact) mass is 343 g/mol. The number of aromatic nitrogens is 1. The van der Waals surface area contributed by atoms with E-state index in [9.17, 15) is 4.79 Å². The molecule has 1 atom stereocenters. The number of rotatable bonds is 4. The lowest BCUT2D eigenvalue weighted by Gasteiger charge is -2.44. The zero-order chi connectivity index (χ0) is 16.5. The second kappa shape index (κ2) is 6.53. The molecule has 2 aromatic rings. The van der Waals surface area contributed by atoms with Crippen molar-refractivity contribution in [3.8, 4) is 16.3 Å². The van der Waals surface area contributed by atoms with Crippen molar-refractivity contribution in [2.45, 2.75) is 18.9 Å². The first-order chi connectivity index (χ1) is 11.7. The van der Waals surface area contributed by atoms with Gasteiger partial charge in [-0.2, -0.15) is 0 Å². The van der Waals surface area contributed by atoms with E-state index in [1.165, 1.54) is 37.3 Å². The largest absolute Gasteiger partial charge is 0.496 e. The normalized spacial score (nSPS) is 25.5. The lowest BCUT2D eigenvalue weighted by Crippen LogP contribution is -2.57. The minimum Gasteiger partial charge on any atom is -0.496 e. The van der Waals surface area contributed by atoms with Gasteiger partial charge in [0.05, 0.1) is 18.9 Å². The fraction of sp³-hybridized carbons (Fsp3) is 0.444. The molecule has 1 N–H and O–H groups in total. The van der Waals surface area contributed by atoms with Crippen molar-refractivity contribution in [3.63, 3.8) is 0 Å². The number of carbonyl (C=O) groups is 1. The van der Waals surface area contributed by atoms with Crippen LogP contribution in [0.5, 0.6) is 5.75 Å². The van der Waals surface area contributed by atoms with Crippen LogP contribution < -0.4 is 10.1 Å². The number of methoxy groups -OCH3 is 1. The Bertz CT molecular complexity index is 737. The van der Waals surface area contributed by atoms with Crippen molar-refractivity contribution < 1.29 is 9.53 Å². The van der Waals surface area contributed by atoms with E-state index < -0.39 is 0 Å². The molecule has 126 valence electrons. The van der Waals surface area contributed by atoms with Crippen LogP contribution in [0.1, 0.15) is 22.5 Å². The van der Waals surface area contributed by atoms with E-state index in [0.717, 1.165) is 22.9 Å². The first-order valence-electron chi connectivity index (χ1n) is 8.37. The minimum absolute atomic E-state index is 0.00704. The molecule has 3 fully saturated rings. The third kappa shape index (κ3) is 2.91. The summed E-state index contributed by atoms with van der Waals surface area (Å²) >= 11 is 1.42. The fourth-order valence-corrected chi connectivity index (χ4v) is 4.54. The van der Waals surface area contributed by atoms with E-state index in [2.05, 4.69) is 15.2 Å². The molecular formula is C18H21N3O2S. The van der Waals surface area contributed by atoms with Gasteiger partial charge in [-0.25, -0.2) is 4.98 Å². The Morgan fingerprint density at radius 2 is 2.12 bits per heavy atom. The molecule has 2 bridgehead atoms. The van der Waals surface area contributed by atoms with E-state index in [0.29, 0.717) is 10.8 Å². The van der Waals surface area contributed by atoms with Gasteiger partial charge in [0.15, 0.2) is 0 Å². The van der Waals surface area contributed by atoms with Crippen molar-refractivity contribution in [1.29, 1.82) is 0 Å². The van der Waals surface area contributed by atoms with Gasteiger partial charge in [0, 0.05) is 12.6 Å². The number of thiazole rings is 1. The quantitative estimate of drug-likeness (QED) is 0.927. The Hall–Kier alpha value is -1.92. The van der Waals surface area contributed by atoms with E-state index in [1.54, 1.807) is 13.3 Å². The van der Waals surface area contributed by atoms with Crippen molar-refractivity contribution in [3.05, 3.63) is 35.3 Å². The standard InChI is InChI=1S/C18H21N3O2S/c1-23-15-5-3-2-4-13(15)18-19-10-16(24-18)17(22)20-14-11-21-8-6-12(14)7-9-21/h2-5,10,12,14H,6-9,11H2,1H3,(H,20,22)/t14-/m0/s1. The summed E-state index contributed by atoms with van der Waals surface area (Å²) in [5.74, 6) is 1.39. The Morgan fingerprint density at radius 3 is 2.83 bits per heavy atom. The molecule has 0 radical (unpaired) electrons. The maximum Gasteiger partial charge on any atom is 0.263 e. The molecule has 24 heavy (non-hydrogen) atoms. The van der Waals surface area contributed by atoms with Crippen LogP contribution in [0.25, 0.3) is 10.6 Å². The molecule has 5 nitrogen and oxygen atoms in total. The number of nitrogens with one attached hydrogen (secondary N) is 1. The summed E-state index contributed by atoms with van der Waals surface area (Å²) in [5, 5.41) is 4.03. The van der Waals surface area contributed by atoms with Gasteiger partial charge in [-0.05, 0) is 44.0 Å². The van der Waals surface area contributed by atoms with Crippen molar-refractivity contribution >= 4 is 17.2 Å². The highest BCUT2D eigenvalue weighted by molar-refractivity contribution is 7.16. The predicted octanol–water partition coefficient (Wildman–Crippen LogP) is 2.64. The van der Waals surface area contributed by atoms with Gasteiger partial charge >= 0.3 is 0 Å². The van der Waals surface area contributed by atoms with Gasteiger partial charge in [-0.15, -0.1) is 11.3 Å². The molecule has 1 amide bonds. The molecular weight excluding hydrogens is 322 g/mol. The van der Waals surface area contributed by atoms with Crippen LogP contribution in [0.4, 0.5) is 0 Å². The van der Waals surface area contributed by atoms with Crippen molar-refractivity contribution in [2.75, 3.05) is 26.7 Å². The lowest BCUT2D eigenvalue weighted by molar-refractivity contribution is 0.0622. The Kier molecular flexibility index (Phi) is 4.24. The smallest absolute Gasteiger partial charge is 0.263 e. The van der Waals surface area contributed by atoms with Crippen molar-refractivity contribution in [2.24, 2.45) is 5.92 Å². The number of nitrogens with zero attached hydrogens (tertiary/aromatic N) is 2.